The fourth-order valence-corrected chi connectivity index (χ4v) is 2.08. The highest BCUT2D eigenvalue weighted by molar-refractivity contribution is 5.10. The van der Waals surface area contributed by atoms with Crippen LogP contribution in [0.5, 0.6) is 0 Å². The van der Waals surface area contributed by atoms with Crippen LogP contribution in [-0.2, 0) is 24.8 Å². The highest BCUT2D eigenvalue weighted by Crippen LogP contribution is 2.18. The predicted molar refractivity (Wildman–Crippen MR) is 56.4 cm³/mol. The molecule has 0 amide bonds. The van der Waals surface area contributed by atoms with Gasteiger partial charge in [0.15, 0.2) is 0 Å². The van der Waals surface area contributed by atoms with Crippen molar-refractivity contribution in [2.75, 3.05) is 13.2 Å². The third kappa shape index (κ3) is 2.58. The third-order valence-electron chi connectivity index (χ3n) is 2.94. The van der Waals surface area contributed by atoms with E-state index in [4.69, 9.17) is 9.84 Å². The lowest BCUT2D eigenvalue weighted by molar-refractivity contribution is 0.0546. The molecule has 4 nitrogen and oxygen atoms in total. The Bertz CT molecular complexity index is 316. The molecule has 0 saturated carbocycles. The molecule has 0 aliphatic carbocycles. The summed E-state index contributed by atoms with van der Waals surface area (Å²) < 4.78 is 7.18. The average molecular weight is 210 g/mol. The fraction of sp³-hybridized carbons (Fsp3) is 0.727. The monoisotopic (exact) mass is 210 g/mol. The Kier molecular flexibility index (Phi) is 3.38. The van der Waals surface area contributed by atoms with Crippen molar-refractivity contribution >= 4 is 0 Å². The molecular formula is C11H18N2O2. The van der Waals surface area contributed by atoms with E-state index in [1.807, 2.05) is 13.1 Å². The lowest BCUT2D eigenvalue weighted by atomic mass is 9.97. The van der Waals surface area contributed by atoms with E-state index in [0.29, 0.717) is 5.92 Å². The molecule has 1 unspecified atom stereocenters. The first-order chi connectivity index (χ1) is 7.29. The maximum absolute atomic E-state index is 9.05. The highest BCUT2D eigenvalue weighted by atomic mass is 16.5. The second-order valence-corrected chi connectivity index (χ2v) is 4.20. The smallest absolute Gasteiger partial charge is 0.0849 e. The molecular weight excluding hydrogens is 192 g/mol. The van der Waals surface area contributed by atoms with Gasteiger partial charge in [0.2, 0.25) is 0 Å². The first-order valence-corrected chi connectivity index (χ1v) is 5.50. The SMILES string of the molecule is Cn1nc(CC2CCCOC2)cc1CO. The fourth-order valence-electron chi connectivity index (χ4n) is 2.08. The van der Waals surface area contributed by atoms with Gasteiger partial charge in [-0.15, -0.1) is 0 Å². The molecule has 0 radical (unpaired) electrons. The molecule has 1 aromatic rings. The van der Waals surface area contributed by atoms with Crippen molar-refractivity contribution < 1.29 is 9.84 Å². The van der Waals surface area contributed by atoms with Crippen LogP contribution in [0, 0.1) is 5.92 Å². The molecule has 15 heavy (non-hydrogen) atoms. The van der Waals surface area contributed by atoms with Gasteiger partial charge in [-0.2, -0.15) is 5.10 Å². The molecule has 2 heterocycles. The number of aryl methyl sites for hydroxylation is 1. The van der Waals surface area contributed by atoms with Crippen LogP contribution in [0.15, 0.2) is 6.07 Å². The van der Waals surface area contributed by atoms with Crippen molar-refractivity contribution in [3.8, 4) is 0 Å². The van der Waals surface area contributed by atoms with Crippen molar-refractivity contribution in [2.24, 2.45) is 13.0 Å². The van der Waals surface area contributed by atoms with Gasteiger partial charge in [0.25, 0.3) is 0 Å². The maximum Gasteiger partial charge on any atom is 0.0849 e. The summed E-state index contributed by atoms with van der Waals surface area (Å²) in [5.74, 6) is 0.597. The summed E-state index contributed by atoms with van der Waals surface area (Å²) in [7, 11) is 1.87. The Hall–Kier alpha value is -0.870. The quantitative estimate of drug-likeness (QED) is 0.805. The van der Waals surface area contributed by atoms with Crippen LogP contribution in [-0.4, -0.2) is 28.1 Å². The molecule has 1 atom stereocenters. The zero-order chi connectivity index (χ0) is 10.7. The molecule has 1 N–H and O–H groups in total. The zero-order valence-electron chi connectivity index (χ0n) is 9.15. The lowest BCUT2D eigenvalue weighted by Crippen LogP contribution is -2.19. The van der Waals surface area contributed by atoms with Gasteiger partial charge >= 0.3 is 0 Å². The summed E-state index contributed by atoms with van der Waals surface area (Å²) in [4.78, 5) is 0. The van der Waals surface area contributed by atoms with Gasteiger partial charge < -0.3 is 9.84 Å². The number of aliphatic hydroxyl groups excluding tert-OH is 1. The standard InChI is InChI=1S/C11H18N2O2/c1-13-11(7-14)6-10(12-13)5-9-3-2-4-15-8-9/h6,9,14H,2-5,7-8H2,1H3. The Morgan fingerprint density at radius 2 is 2.53 bits per heavy atom. The van der Waals surface area contributed by atoms with Gasteiger partial charge in [-0.3, -0.25) is 4.68 Å². The van der Waals surface area contributed by atoms with Gasteiger partial charge in [-0.1, -0.05) is 0 Å². The predicted octanol–water partition coefficient (Wildman–Crippen LogP) is 0.881. The number of ether oxygens (including phenoxy) is 1. The van der Waals surface area contributed by atoms with Crippen LogP contribution >= 0.6 is 0 Å². The Labute approximate surface area is 89.9 Å². The number of aliphatic hydroxyl groups is 1. The van der Waals surface area contributed by atoms with Gasteiger partial charge in [-0.05, 0) is 31.2 Å². The molecule has 1 aliphatic heterocycles. The normalized spacial score (nSPS) is 21.9. The van der Waals surface area contributed by atoms with Crippen molar-refractivity contribution in [1.29, 1.82) is 0 Å². The van der Waals surface area contributed by atoms with Gasteiger partial charge in [-0.25, -0.2) is 0 Å². The maximum atomic E-state index is 9.05. The summed E-state index contributed by atoms with van der Waals surface area (Å²) in [6, 6.07) is 1.98. The molecule has 0 spiro atoms. The molecule has 4 heteroatoms. The van der Waals surface area contributed by atoms with E-state index in [1.165, 1.54) is 6.42 Å². The third-order valence-corrected chi connectivity index (χ3v) is 2.94. The van der Waals surface area contributed by atoms with Crippen molar-refractivity contribution in [3.63, 3.8) is 0 Å². The minimum absolute atomic E-state index is 0.0602. The van der Waals surface area contributed by atoms with Crippen LogP contribution in [0.25, 0.3) is 0 Å². The Morgan fingerprint density at radius 3 is 3.13 bits per heavy atom. The van der Waals surface area contributed by atoms with E-state index < -0.39 is 0 Å². The Morgan fingerprint density at radius 1 is 1.67 bits per heavy atom. The van der Waals surface area contributed by atoms with Crippen LogP contribution in [0.3, 0.4) is 0 Å². The van der Waals surface area contributed by atoms with Gasteiger partial charge in [0.1, 0.15) is 0 Å². The van der Waals surface area contributed by atoms with Crippen LogP contribution in [0.2, 0.25) is 0 Å². The summed E-state index contributed by atoms with van der Waals surface area (Å²) >= 11 is 0. The lowest BCUT2D eigenvalue weighted by Gasteiger charge is -2.20. The van der Waals surface area contributed by atoms with Crippen molar-refractivity contribution in [1.82, 2.24) is 9.78 Å². The van der Waals surface area contributed by atoms with E-state index in [-0.39, 0.29) is 6.61 Å². The van der Waals surface area contributed by atoms with Crippen LogP contribution in [0.4, 0.5) is 0 Å². The van der Waals surface area contributed by atoms with E-state index >= 15 is 0 Å². The zero-order valence-corrected chi connectivity index (χ0v) is 9.15. The molecule has 1 aromatic heterocycles. The molecule has 1 fully saturated rings. The largest absolute Gasteiger partial charge is 0.390 e. The second kappa shape index (κ2) is 4.77. The van der Waals surface area contributed by atoms with Gasteiger partial charge in [0, 0.05) is 20.3 Å². The highest BCUT2D eigenvalue weighted by Gasteiger charge is 2.16. The summed E-state index contributed by atoms with van der Waals surface area (Å²) in [5, 5.41) is 13.4. The van der Waals surface area contributed by atoms with E-state index in [2.05, 4.69) is 5.10 Å². The summed E-state index contributed by atoms with van der Waals surface area (Å²) in [5.41, 5.74) is 1.94. The minimum atomic E-state index is 0.0602. The van der Waals surface area contributed by atoms with Crippen LogP contribution in [0.1, 0.15) is 24.2 Å². The topological polar surface area (TPSA) is 47.3 Å². The minimum Gasteiger partial charge on any atom is -0.390 e. The molecule has 1 saturated heterocycles. The number of hydrogen-bond acceptors (Lipinski definition) is 3. The summed E-state index contributed by atoms with van der Waals surface area (Å²) in [6.45, 7) is 1.82. The number of hydrogen-bond donors (Lipinski definition) is 1. The molecule has 84 valence electrons. The van der Waals surface area contributed by atoms with Crippen LogP contribution < -0.4 is 0 Å². The van der Waals surface area contributed by atoms with Crippen molar-refractivity contribution in [3.05, 3.63) is 17.5 Å². The molecule has 0 aromatic carbocycles. The Balaban J connectivity index is 1.97. The number of aromatic nitrogens is 2. The first-order valence-electron chi connectivity index (χ1n) is 5.50. The number of rotatable bonds is 3. The molecule has 0 bridgehead atoms. The van der Waals surface area contributed by atoms with E-state index in [9.17, 15) is 0 Å². The second-order valence-electron chi connectivity index (χ2n) is 4.20. The summed E-state index contributed by atoms with van der Waals surface area (Å²) in [6.07, 6.45) is 3.35. The van der Waals surface area contributed by atoms with E-state index in [0.717, 1.165) is 37.4 Å². The van der Waals surface area contributed by atoms with E-state index in [1.54, 1.807) is 4.68 Å². The van der Waals surface area contributed by atoms with Crippen molar-refractivity contribution in [2.45, 2.75) is 25.9 Å². The van der Waals surface area contributed by atoms with Gasteiger partial charge in [0.05, 0.1) is 18.0 Å². The number of nitrogens with zero attached hydrogens (tertiary/aromatic N) is 2. The molecule has 2 rings (SSSR count). The molecule has 1 aliphatic rings. The first kappa shape index (κ1) is 10.6. The average Bonchev–Trinajstić information content (AvgIpc) is 2.60.